The molecule has 0 aliphatic rings. The second-order valence-electron chi connectivity index (χ2n) is 5.11. The summed E-state index contributed by atoms with van der Waals surface area (Å²) in [7, 11) is 0. The van der Waals surface area contributed by atoms with Crippen LogP contribution in [0.4, 0.5) is 5.69 Å². The van der Waals surface area contributed by atoms with Crippen molar-refractivity contribution in [3.63, 3.8) is 0 Å². The number of nitrogens with one attached hydrogen (secondary N) is 1. The van der Waals surface area contributed by atoms with Crippen LogP contribution in [0.25, 0.3) is 21.3 Å². The first-order valence-electron chi connectivity index (χ1n) is 7.01. The average molecular weight is 312 g/mol. The van der Waals surface area contributed by atoms with Gasteiger partial charge in [-0.2, -0.15) is 0 Å². The molecule has 2 N–H and O–H groups in total. The Bertz CT molecular complexity index is 825. The normalized spacial score (nSPS) is 12.3. The number of carbonyl (C=O) groups is 1. The van der Waals surface area contributed by atoms with Crippen LogP contribution >= 0.6 is 11.3 Å². The predicted molar refractivity (Wildman–Crippen MR) is 90.0 cm³/mol. The van der Waals surface area contributed by atoms with Crippen molar-refractivity contribution >= 4 is 33.1 Å². The molecule has 3 aromatic rings. The van der Waals surface area contributed by atoms with Crippen LogP contribution in [0, 0.1) is 0 Å². The smallest absolute Gasteiger partial charge is 0.221 e. The van der Waals surface area contributed by atoms with E-state index in [1.165, 1.54) is 18.3 Å². The molecule has 22 heavy (non-hydrogen) atoms. The SMILES string of the molecule is CC(=O)Nc1c(-c2ccccc2)ccc2sc(C(C)O)nc12. The molecule has 0 saturated carbocycles. The maximum Gasteiger partial charge on any atom is 0.221 e. The number of anilines is 1. The number of nitrogens with zero attached hydrogens (tertiary/aromatic N) is 1. The number of aliphatic hydroxyl groups is 1. The minimum atomic E-state index is -0.622. The van der Waals surface area contributed by atoms with Gasteiger partial charge in [-0.05, 0) is 18.6 Å². The second kappa shape index (κ2) is 5.87. The van der Waals surface area contributed by atoms with Gasteiger partial charge in [0, 0.05) is 12.5 Å². The minimum Gasteiger partial charge on any atom is -0.386 e. The molecule has 0 radical (unpaired) electrons. The maximum absolute atomic E-state index is 11.6. The van der Waals surface area contributed by atoms with E-state index in [0.717, 1.165) is 21.3 Å². The highest BCUT2D eigenvalue weighted by molar-refractivity contribution is 7.18. The highest BCUT2D eigenvalue weighted by Crippen LogP contribution is 2.38. The molecule has 0 spiro atoms. The van der Waals surface area contributed by atoms with Gasteiger partial charge >= 0.3 is 0 Å². The number of carbonyl (C=O) groups excluding carboxylic acids is 1. The van der Waals surface area contributed by atoms with Crippen molar-refractivity contribution in [3.05, 3.63) is 47.5 Å². The monoisotopic (exact) mass is 312 g/mol. The quantitative estimate of drug-likeness (QED) is 0.769. The Morgan fingerprint density at radius 2 is 1.95 bits per heavy atom. The van der Waals surface area contributed by atoms with E-state index in [4.69, 9.17) is 0 Å². The Hall–Kier alpha value is -2.24. The molecule has 0 aliphatic heterocycles. The molecule has 4 nitrogen and oxygen atoms in total. The van der Waals surface area contributed by atoms with Crippen LogP contribution in [0.3, 0.4) is 0 Å². The van der Waals surface area contributed by atoms with Crippen LogP contribution in [-0.4, -0.2) is 16.0 Å². The van der Waals surface area contributed by atoms with Gasteiger partial charge in [0.1, 0.15) is 16.6 Å². The fourth-order valence-electron chi connectivity index (χ4n) is 2.35. The Balaban J connectivity index is 2.25. The molecule has 1 atom stereocenters. The van der Waals surface area contributed by atoms with E-state index in [2.05, 4.69) is 10.3 Å². The Morgan fingerprint density at radius 1 is 1.23 bits per heavy atom. The van der Waals surface area contributed by atoms with E-state index in [1.54, 1.807) is 6.92 Å². The zero-order valence-corrected chi connectivity index (χ0v) is 13.1. The minimum absolute atomic E-state index is 0.142. The summed E-state index contributed by atoms with van der Waals surface area (Å²) in [6, 6.07) is 13.8. The number of aliphatic hydroxyl groups excluding tert-OH is 1. The van der Waals surface area contributed by atoms with Gasteiger partial charge in [0.2, 0.25) is 5.91 Å². The molecule has 1 amide bonds. The number of rotatable bonds is 3. The molecule has 1 unspecified atom stereocenters. The standard InChI is InChI=1S/C17H16N2O2S/c1-10(20)17-19-16-14(22-17)9-8-13(15(16)18-11(2)21)12-6-4-3-5-7-12/h3-10,20H,1-2H3,(H,18,21). The lowest BCUT2D eigenvalue weighted by molar-refractivity contribution is -0.114. The summed E-state index contributed by atoms with van der Waals surface area (Å²) >= 11 is 1.44. The third-order valence-corrected chi connectivity index (χ3v) is 4.51. The lowest BCUT2D eigenvalue weighted by Crippen LogP contribution is -2.07. The maximum atomic E-state index is 11.6. The lowest BCUT2D eigenvalue weighted by atomic mass is 10.0. The lowest BCUT2D eigenvalue weighted by Gasteiger charge is -2.11. The number of fused-ring (bicyclic) bond motifs is 1. The van der Waals surface area contributed by atoms with Gasteiger partial charge in [-0.1, -0.05) is 36.4 Å². The highest BCUT2D eigenvalue weighted by atomic mass is 32.1. The number of amides is 1. The summed E-state index contributed by atoms with van der Waals surface area (Å²) in [5.41, 5.74) is 3.35. The summed E-state index contributed by atoms with van der Waals surface area (Å²) < 4.78 is 0.944. The highest BCUT2D eigenvalue weighted by Gasteiger charge is 2.16. The molecule has 5 heteroatoms. The average Bonchev–Trinajstić information content (AvgIpc) is 2.93. The first-order valence-corrected chi connectivity index (χ1v) is 7.82. The van der Waals surface area contributed by atoms with Crippen molar-refractivity contribution in [2.45, 2.75) is 20.0 Å². The van der Waals surface area contributed by atoms with Crippen molar-refractivity contribution in [2.75, 3.05) is 5.32 Å². The van der Waals surface area contributed by atoms with Crippen LogP contribution in [0.5, 0.6) is 0 Å². The fourth-order valence-corrected chi connectivity index (χ4v) is 3.26. The molecule has 3 rings (SSSR count). The topological polar surface area (TPSA) is 62.2 Å². The zero-order chi connectivity index (χ0) is 15.7. The van der Waals surface area contributed by atoms with Gasteiger partial charge in [0.25, 0.3) is 0 Å². The van der Waals surface area contributed by atoms with Crippen LogP contribution in [0.1, 0.15) is 25.0 Å². The van der Waals surface area contributed by atoms with E-state index < -0.39 is 6.10 Å². The molecule has 1 heterocycles. The Morgan fingerprint density at radius 3 is 2.59 bits per heavy atom. The van der Waals surface area contributed by atoms with Crippen molar-refractivity contribution in [1.82, 2.24) is 4.98 Å². The molecule has 1 aromatic heterocycles. The van der Waals surface area contributed by atoms with Gasteiger partial charge < -0.3 is 10.4 Å². The van der Waals surface area contributed by atoms with Crippen LogP contribution in [0.15, 0.2) is 42.5 Å². The van der Waals surface area contributed by atoms with Gasteiger partial charge in [0.05, 0.1) is 10.4 Å². The first kappa shape index (κ1) is 14.7. The number of thiazole rings is 1. The molecule has 0 fully saturated rings. The third-order valence-electron chi connectivity index (χ3n) is 3.32. The molecular weight excluding hydrogens is 296 g/mol. The van der Waals surface area contributed by atoms with Crippen molar-refractivity contribution in [1.29, 1.82) is 0 Å². The third kappa shape index (κ3) is 2.73. The van der Waals surface area contributed by atoms with E-state index in [-0.39, 0.29) is 5.91 Å². The number of aromatic nitrogens is 1. The Labute approximate surface area is 132 Å². The van der Waals surface area contributed by atoms with E-state index in [1.807, 2.05) is 42.5 Å². The van der Waals surface area contributed by atoms with E-state index in [9.17, 15) is 9.90 Å². The van der Waals surface area contributed by atoms with Gasteiger partial charge in [-0.15, -0.1) is 11.3 Å². The van der Waals surface area contributed by atoms with Crippen LogP contribution in [0.2, 0.25) is 0 Å². The van der Waals surface area contributed by atoms with E-state index in [0.29, 0.717) is 10.7 Å². The van der Waals surface area contributed by atoms with Crippen molar-refractivity contribution < 1.29 is 9.90 Å². The Kier molecular flexibility index (Phi) is 3.92. The summed E-state index contributed by atoms with van der Waals surface area (Å²) in [6.07, 6.45) is -0.622. The zero-order valence-electron chi connectivity index (χ0n) is 12.3. The number of hydrogen-bond donors (Lipinski definition) is 2. The van der Waals surface area contributed by atoms with Gasteiger partial charge in [-0.25, -0.2) is 4.98 Å². The summed E-state index contributed by atoms with van der Waals surface area (Å²) in [5, 5.41) is 13.3. The second-order valence-corrected chi connectivity index (χ2v) is 6.17. The number of hydrogen-bond acceptors (Lipinski definition) is 4. The molecular formula is C17H16N2O2S. The molecule has 112 valence electrons. The van der Waals surface area contributed by atoms with Crippen LogP contribution in [-0.2, 0) is 4.79 Å². The summed E-state index contributed by atoms with van der Waals surface area (Å²) in [4.78, 5) is 16.1. The van der Waals surface area contributed by atoms with Gasteiger partial charge in [-0.3, -0.25) is 4.79 Å². The fraction of sp³-hybridized carbons (Fsp3) is 0.176. The van der Waals surface area contributed by atoms with Crippen LogP contribution < -0.4 is 5.32 Å². The van der Waals surface area contributed by atoms with Crippen molar-refractivity contribution in [2.24, 2.45) is 0 Å². The summed E-state index contributed by atoms with van der Waals surface area (Å²) in [6.45, 7) is 3.17. The molecule has 2 aromatic carbocycles. The largest absolute Gasteiger partial charge is 0.386 e. The number of benzene rings is 2. The summed E-state index contributed by atoms with van der Waals surface area (Å²) in [5.74, 6) is -0.142. The van der Waals surface area contributed by atoms with E-state index >= 15 is 0 Å². The van der Waals surface area contributed by atoms with Gasteiger partial charge in [0.15, 0.2) is 0 Å². The molecule has 0 bridgehead atoms. The first-order chi connectivity index (χ1) is 10.6. The molecule has 0 aliphatic carbocycles. The predicted octanol–water partition coefficient (Wildman–Crippen LogP) is 3.98. The van der Waals surface area contributed by atoms with Crippen molar-refractivity contribution in [3.8, 4) is 11.1 Å². The molecule has 0 saturated heterocycles.